The second-order valence-electron chi connectivity index (χ2n) is 12.1. The van der Waals surface area contributed by atoms with Gasteiger partial charge in [-0.15, -0.1) is 0 Å². The largest absolute Gasteiger partial charge is 0.366 e. The van der Waals surface area contributed by atoms with E-state index in [4.69, 9.17) is 15.7 Å². The van der Waals surface area contributed by atoms with Crippen LogP contribution in [0.3, 0.4) is 0 Å². The van der Waals surface area contributed by atoms with E-state index in [0.717, 1.165) is 43.9 Å². The number of nitrogens with zero attached hydrogens (tertiary/aromatic N) is 5. The molecule has 0 radical (unpaired) electrons. The van der Waals surface area contributed by atoms with Crippen LogP contribution in [0.4, 0.5) is 23.5 Å². The number of nitrogens with two attached hydrogens (primary N) is 1. The van der Waals surface area contributed by atoms with Gasteiger partial charge in [-0.3, -0.25) is 4.79 Å². The molecule has 1 aliphatic heterocycles. The van der Waals surface area contributed by atoms with Gasteiger partial charge in [0.1, 0.15) is 0 Å². The molecule has 35 heavy (non-hydrogen) atoms. The summed E-state index contributed by atoms with van der Waals surface area (Å²) in [6, 6.07) is 5.58. The molecule has 4 N–H and O–H groups in total. The maximum atomic E-state index is 11.7. The number of hydrogen-bond donors (Lipinski definition) is 3. The van der Waals surface area contributed by atoms with Crippen molar-refractivity contribution in [1.29, 1.82) is 0 Å². The standard InChI is InChI=1S/C26H42N8O/c1-17-9-10-18(21(27)35)13-20(17)29-23-30-22(31-24(32-23)33(8)15-25(2,3)4)28-19-11-12-34(14-19)16-26(5,6)7/h9-10,13,19H,11-12,14-16H2,1-8H3,(H2,27,35)(H2,28,29,30,31,32)/t19-/m0/s1. The highest BCUT2D eigenvalue weighted by Gasteiger charge is 2.27. The molecule has 1 saturated heterocycles. The van der Waals surface area contributed by atoms with Gasteiger partial charge < -0.3 is 26.2 Å². The first kappa shape index (κ1) is 26.7. The van der Waals surface area contributed by atoms with Gasteiger partial charge in [-0.25, -0.2) is 0 Å². The monoisotopic (exact) mass is 482 g/mol. The Kier molecular flexibility index (Phi) is 7.89. The number of benzene rings is 1. The van der Waals surface area contributed by atoms with Gasteiger partial charge in [0.05, 0.1) is 0 Å². The van der Waals surface area contributed by atoms with Crippen LogP contribution >= 0.6 is 0 Å². The molecule has 1 aliphatic rings. The van der Waals surface area contributed by atoms with Crippen LogP contribution in [0.1, 0.15) is 63.9 Å². The Morgan fingerprint density at radius 3 is 2.43 bits per heavy atom. The van der Waals surface area contributed by atoms with Crippen LogP contribution in [-0.4, -0.2) is 65.0 Å². The van der Waals surface area contributed by atoms with E-state index in [1.807, 2.05) is 24.9 Å². The Labute approximate surface area is 209 Å². The molecule has 2 aromatic rings. The minimum atomic E-state index is -0.474. The number of hydrogen-bond acceptors (Lipinski definition) is 8. The van der Waals surface area contributed by atoms with Gasteiger partial charge in [0.25, 0.3) is 0 Å². The Morgan fingerprint density at radius 1 is 1.11 bits per heavy atom. The summed E-state index contributed by atoms with van der Waals surface area (Å²) in [5.74, 6) is 1.09. The highest BCUT2D eigenvalue weighted by Crippen LogP contribution is 2.25. The van der Waals surface area contributed by atoms with Crippen molar-refractivity contribution in [3.8, 4) is 0 Å². The van der Waals surface area contributed by atoms with Crippen molar-refractivity contribution in [1.82, 2.24) is 19.9 Å². The van der Waals surface area contributed by atoms with E-state index in [0.29, 0.717) is 23.4 Å². The van der Waals surface area contributed by atoms with Crippen molar-refractivity contribution in [2.75, 3.05) is 48.8 Å². The summed E-state index contributed by atoms with van der Waals surface area (Å²) in [5.41, 5.74) is 7.95. The lowest BCUT2D eigenvalue weighted by molar-refractivity contribution is 0.100. The molecule has 0 spiro atoms. The van der Waals surface area contributed by atoms with Gasteiger partial charge in [0, 0.05) is 50.5 Å². The number of carbonyl (C=O) groups excluding carboxylic acids is 1. The number of anilines is 4. The fourth-order valence-electron chi connectivity index (χ4n) is 4.42. The van der Waals surface area contributed by atoms with Crippen LogP contribution in [0.2, 0.25) is 0 Å². The molecule has 1 aromatic heterocycles. The average molecular weight is 483 g/mol. The topological polar surface area (TPSA) is 112 Å². The molecular weight excluding hydrogens is 440 g/mol. The van der Waals surface area contributed by atoms with Gasteiger partial charge in [0.15, 0.2) is 0 Å². The summed E-state index contributed by atoms with van der Waals surface area (Å²) in [7, 11) is 1.99. The minimum absolute atomic E-state index is 0.0773. The van der Waals surface area contributed by atoms with E-state index in [9.17, 15) is 4.79 Å². The maximum absolute atomic E-state index is 11.7. The van der Waals surface area contributed by atoms with Crippen LogP contribution in [0.25, 0.3) is 0 Å². The van der Waals surface area contributed by atoms with Crippen molar-refractivity contribution in [2.24, 2.45) is 16.6 Å². The average Bonchev–Trinajstić information content (AvgIpc) is 3.12. The molecule has 0 aliphatic carbocycles. The molecule has 192 valence electrons. The zero-order valence-corrected chi connectivity index (χ0v) is 22.6. The van der Waals surface area contributed by atoms with Crippen molar-refractivity contribution >= 4 is 29.4 Å². The first-order valence-electron chi connectivity index (χ1n) is 12.3. The van der Waals surface area contributed by atoms with Crippen LogP contribution < -0.4 is 21.3 Å². The molecule has 1 amide bonds. The molecular formula is C26H42N8O. The number of carbonyl (C=O) groups is 1. The van der Waals surface area contributed by atoms with E-state index in [2.05, 4.69) is 62.1 Å². The lowest BCUT2D eigenvalue weighted by Gasteiger charge is -2.27. The molecule has 1 atom stereocenters. The van der Waals surface area contributed by atoms with E-state index < -0.39 is 5.91 Å². The van der Waals surface area contributed by atoms with Crippen LogP contribution in [0.5, 0.6) is 0 Å². The van der Waals surface area contributed by atoms with Crippen molar-refractivity contribution in [2.45, 2.75) is 60.9 Å². The van der Waals surface area contributed by atoms with Crippen LogP contribution in [-0.2, 0) is 0 Å². The highest BCUT2D eigenvalue weighted by molar-refractivity contribution is 5.94. The molecule has 0 saturated carbocycles. The summed E-state index contributed by atoms with van der Waals surface area (Å²) in [5, 5.41) is 6.82. The Hall–Kier alpha value is -2.94. The number of rotatable bonds is 8. The summed E-state index contributed by atoms with van der Waals surface area (Å²) in [6.45, 7) is 19.2. The molecule has 3 rings (SSSR count). The quantitative estimate of drug-likeness (QED) is 0.517. The molecule has 1 fully saturated rings. The number of aromatic nitrogens is 3. The van der Waals surface area contributed by atoms with Crippen molar-refractivity contribution < 1.29 is 4.79 Å². The third-order valence-electron chi connectivity index (χ3n) is 5.75. The fourth-order valence-corrected chi connectivity index (χ4v) is 4.42. The SMILES string of the molecule is Cc1ccc(C(N)=O)cc1Nc1nc(N[C@H]2CCN(CC(C)(C)C)C2)nc(N(C)CC(C)(C)C)n1. The number of primary amides is 1. The summed E-state index contributed by atoms with van der Waals surface area (Å²) in [4.78, 5) is 30.3. The number of nitrogens with one attached hydrogen (secondary N) is 2. The molecule has 2 heterocycles. The molecule has 9 heteroatoms. The lowest BCUT2D eigenvalue weighted by atomic mass is 9.96. The van der Waals surface area contributed by atoms with E-state index in [1.54, 1.807) is 12.1 Å². The second-order valence-corrected chi connectivity index (χ2v) is 12.1. The van der Waals surface area contributed by atoms with E-state index in [1.165, 1.54) is 0 Å². The first-order chi connectivity index (χ1) is 16.2. The van der Waals surface area contributed by atoms with Crippen LogP contribution in [0.15, 0.2) is 18.2 Å². The molecule has 0 unspecified atom stereocenters. The van der Waals surface area contributed by atoms with Gasteiger partial charge in [-0.05, 0) is 41.9 Å². The number of amides is 1. The van der Waals surface area contributed by atoms with Crippen LogP contribution in [0, 0.1) is 17.8 Å². The normalized spacial score (nSPS) is 16.9. The second kappa shape index (κ2) is 10.4. The highest BCUT2D eigenvalue weighted by atomic mass is 16.1. The van der Waals surface area contributed by atoms with Gasteiger partial charge >= 0.3 is 0 Å². The zero-order valence-electron chi connectivity index (χ0n) is 22.6. The zero-order chi connectivity index (χ0) is 26.0. The molecule has 9 nitrogen and oxygen atoms in total. The lowest BCUT2D eigenvalue weighted by Crippen LogP contribution is -2.33. The number of likely N-dealkylation sites (tertiary alicyclic amines) is 1. The van der Waals surface area contributed by atoms with Gasteiger partial charge in [-0.1, -0.05) is 47.6 Å². The smallest absolute Gasteiger partial charge is 0.248 e. The van der Waals surface area contributed by atoms with E-state index in [-0.39, 0.29) is 16.9 Å². The summed E-state index contributed by atoms with van der Waals surface area (Å²) in [6.07, 6.45) is 1.04. The van der Waals surface area contributed by atoms with Gasteiger partial charge in [-0.2, -0.15) is 15.0 Å². The third kappa shape index (κ3) is 8.06. The first-order valence-corrected chi connectivity index (χ1v) is 12.3. The Bertz CT molecular complexity index is 1040. The Morgan fingerprint density at radius 2 is 1.80 bits per heavy atom. The minimum Gasteiger partial charge on any atom is -0.366 e. The van der Waals surface area contributed by atoms with Gasteiger partial charge in [0.2, 0.25) is 23.8 Å². The predicted molar refractivity (Wildman–Crippen MR) is 143 cm³/mol. The predicted octanol–water partition coefficient (Wildman–Crippen LogP) is 4.04. The Balaban J connectivity index is 1.87. The fraction of sp³-hybridized carbons (Fsp3) is 0.615. The summed E-state index contributed by atoms with van der Waals surface area (Å²) >= 11 is 0. The van der Waals surface area contributed by atoms with Crippen molar-refractivity contribution in [3.05, 3.63) is 29.3 Å². The molecule has 1 aromatic carbocycles. The molecule has 0 bridgehead atoms. The van der Waals surface area contributed by atoms with Crippen molar-refractivity contribution in [3.63, 3.8) is 0 Å². The third-order valence-corrected chi connectivity index (χ3v) is 5.75. The number of aryl methyl sites for hydroxylation is 1. The maximum Gasteiger partial charge on any atom is 0.248 e. The van der Waals surface area contributed by atoms with E-state index >= 15 is 0 Å². The summed E-state index contributed by atoms with van der Waals surface area (Å²) < 4.78 is 0.